The van der Waals surface area contributed by atoms with Crippen LogP contribution in [0.4, 0.5) is 0 Å². The van der Waals surface area contributed by atoms with Crippen molar-refractivity contribution in [2.45, 2.75) is 0 Å². The maximum atomic E-state index is 4.22. The number of aromatic nitrogens is 4. The maximum absolute atomic E-state index is 4.22. The maximum Gasteiger partial charge on any atom is 0.155 e. The van der Waals surface area contributed by atoms with Crippen molar-refractivity contribution >= 4 is 27.3 Å². The van der Waals surface area contributed by atoms with Gasteiger partial charge in [-0.25, -0.2) is 9.67 Å². The average molecular weight is 307 g/mol. The van der Waals surface area contributed by atoms with Crippen LogP contribution in [0.2, 0.25) is 0 Å². The lowest BCUT2D eigenvalue weighted by atomic mass is 10.4. The molecule has 3 rings (SSSR count). The van der Waals surface area contributed by atoms with Gasteiger partial charge in [-0.15, -0.1) is 16.4 Å². The molecule has 3 aromatic rings. The second kappa shape index (κ2) is 4.38. The van der Waals surface area contributed by atoms with Crippen molar-refractivity contribution < 1.29 is 0 Å². The third-order valence-corrected chi connectivity index (χ3v) is 4.09. The number of halogens is 1. The van der Waals surface area contributed by atoms with Gasteiger partial charge in [0.15, 0.2) is 5.82 Å². The second-order valence-electron chi connectivity index (χ2n) is 3.33. The van der Waals surface area contributed by atoms with E-state index in [0.717, 1.165) is 20.9 Å². The Morgan fingerprint density at radius 1 is 1.24 bits per heavy atom. The van der Waals surface area contributed by atoms with Gasteiger partial charge in [-0.3, -0.25) is 0 Å². The highest BCUT2D eigenvalue weighted by atomic mass is 79.9. The van der Waals surface area contributed by atoms with Crippen molar-refractivity contribution in [2.24, 2.45) is 0 Å². The van der Waals surface area contributed by atoms with Crippen LogP contribution in [-0.4, -0.2) is 20.0 Å². The Morgan fingerprint density at radius 3 is 2.88 bits per heavy atom. The van der Waals surface area contributed by atoms with E-state index in [1.165, 1.54) is 0 Å². The second-order valence-corrected chi connectivity index (χ2v) is 5.10. The van der Waals surface area contributed by atoms with Crippen molar-refractivity contribution in [1.82, 2.24) is 20.0 Å². The van der Waals surface area contributed by atoms with Gasteiger partial charge in [0.2, 0.25) is 0 Å². The average Bonchev–Trinajstić information content (AvgIpc) is 2.98. The molecule has 0 unspecified atom stereocenters. The van der Waals surface area contributed by atoms with Gasteiger partial charge in [-0.2, -0.15) is 0 Å². The summed E-state index contributed by atoms with van der Waals surface area (Å²) >= 11 is 5.11. The first-order chi connectivity index (χ1) is 8.34. The molecule has 0 bridgehead atoms. The van der Waals surface area contributed by atoms with E-state index in [4.69, 9.17) is 0 Å². The number of pyridine rings is 1. The summed E-state index contributed by atoms with van der Waals surface area (Å²) in [5.74, 6) is 0.763. The predicted molar refractivity (Wildman–Crippen MR) is 70.2 cm³/mol. The first-order valence-corrected chi connectivity index (χ1v) is 6.59. The summed E-state index contributed by atoms with van der Waals surface area (Å²) in [6.45, 7) is 0. The summed E-state index contributed by atoms with van der Waals surface area (Å²) in [6, 6.07) is 7.68. The van der Waals surface area contributed by atoms with E-state index in [-0.39, 0.29) is 0 Å². The summed E-state index contributed by atoms with van der Waals surface area (Å²) in [5.41, 5.74) is 0.845. The normalized spacial score (nSPS) is 10.6. The van der Waals surface area contributed by atoms with E-state index in [1.54, 1.807) is 22.2 Å². The molecule has 84 valence electrons. The SMILES string of the molecule is Brc1ccsc1-c1cn(-c2ccccn2)nn1. The Hall–Kier alpha value is -1.53. The Morgan fingerprint density at radius 2 is 2.18 bits per heavy atom. The van der Waals surface area contributed by atoms with Crippen molar-refractivity contribution in [2.75, 3.05) is 0 Å². The van der Waals surface area contributed by atoms with Gasteiger partial charge in [-0.05, 0) is 39.5 Å². The van der Waals surface area contributed by atoms with Crippen molar-refractivity contribution in [3.8, 4) is 16.4 Å². The molecule has 17 heavy (non-hydrogen) atoms. The van der Waals surface area contributed by atoms with Crippen molar-refractivity contribution in [3.63, 3.8) is 0 Å². The molecule has 4 nitrogen and oxygen atoms in total. The molecule has 0 spiro atoms. The molecule has 0 atom stereocenters. The van der Waals surface area contributed by atoms with Gasteiger partial charge in [0.05, 0.1) is 11.1 Å². The number of hydrogen-bond acceptors (Lipinski definition) is 4. The van der Waals surface area contributed by atoms with Crippen LogP contribution in [0.1, 0.15) is 0 Å². The van der Waals surface area contributed by atoms with Crippen LogP contribution in [0.5, 0.6) is 0 Å². The molecule has 3 heterocycles. The molecule has 0 aliphatic carbocycles. The molecule has 0 aliphatic heterocycles. The van der Waals surface area contributed by atoms with E-state index < -0.39 is 0 Å². The Bertz CT molecular complexity index is 632. The Kier molecular flexibility index (Phi) is 2.74. The minimum Gasteiger partial charge on any atom is -0.237 e. The fourth-order valence-corrected chi connectivity index (χ4v) is 2.97. The molecular formula is C11H7BrN4S. The Balaban J connectivity index is 2.02. The highest BCUT2D eigenvalue weighted by molar-refractivity contribution is 9.10. The first kappa shape index (κ1) is 10.6. The molecule has 0 saturated carbocycles. The van der Waals surface area contributed by atoms with Gasteiger partial charge >= 0.3 is 0 Å². The number of thiophene rings is 1. The van der Waals surface area contributed by atoms with E-state index in [1.807, 2.05) is 35.8 Å². The topological polar surface area (TPSA) is 43.6 Å². The lowest BCUT2D eigenvalue weighted by Gasteiger charge is -1.95. The minimum absolute atomic E-state index is 0.763. The van der Waals surface area contributed by atoms with Crippen LogP contribution in [0.3, 0.4) is 0 Å². The fraction of sp³-hybridized carbons (Fsp3) is 0. The first-order valence-electron chi connectivity index (χ1n) is 4.92. The van der Waals surface area contributed by atoms with Crippen LogP contribution in [0.25, 0.3) is 16.4 Å². The highest BCUT2D eigenvalue weighted by Gasteiger charge is 2.09. The molecule has 0 fully saturated rings. The lowest BCUT2D eigenvalue weighted by Crippen LogP contribution is -1.96. The molecular weight excluding hydrogens is 300 g/mol. The van der Waals surface area contributed by atoms with Gasteiger partial charge in [0.25, 0.3) is 0 Å². The lowest BCUT2D eigenvalue weighted by molar-refractivity contribution is 0.782. The zero-order chi connectivity index (χ0) is 11.7. The zero-order valence-electron chi connectivity index (χ0n) is 8.62. The molecule has 0 amide bonds. The predicted octanol–water partition coefficient (Wildman–Crippen LogP) is 3.15. The number of nitrogens with zero attached hydrogens (tertiary/aromatic N) is 4. The van der Waals surface area contributed by atoms with Crippen LogP contribution in [0, 0.1) is 0 Å². The quantitative estimate of drug-likeness (QED) is 0.730. The molecule has 0 aliphatic rings. The molecule has 3 aromatic heterocycles. The number of hydrogen-bond donors (Lipinski definition) is 0. The summed E-state index contributed by atoms with van der Waals surface area (Å²) in [4.78, 5) is 5.29. The van der Waals surface area contributed by atoms with Crippen LogP contribution >= 0.6 is 27.3 Å². The monoisotopic (exact) mass is 306 g/mol. The molecule has 0 radical (unpaired) electrons. The smallest absolute Gasteiger partial charge is 0.155 e. The van der Waals surface area contributed by atoms with Crippen LogP contribution in [0.15, 0.2) is 46.5 Å². The highest BCUT2D eigenvalue weighted by Crippen LogP contribution is 2.31. The number of rotatable bonds is 2. The summed E-state index contributed by atoms with van der Waals surface area (Å²) < 4.78 is 2.71. The molecule has 0 saturated heterocycles. The van der Waals surface area contributed by atoms with Crippen LogP contribution in [-0.2, 0) is 0 Å². The third kappa shape index (κ3) is 2.01. The van der Waals surface area contributed by atoms with Crippen LogP contribution < -0.4 is 0 Å². The van der Waals surface area contributed by atoms with Gasteiger partial charge in [-0.1, -0.05) is 11.3 Å². The molecule has 0 aromatic carbocycles. The van der Waals surface area contributed by atoms with Gasteiger partial charge in [0.1, 0.15) is 5.69 Å². The zero-order valence-corrected chi connectivity index (χ0v) is 11.0. The standard InChI is InChI=1S/C11H7BrN4S/c12-8-4-6-17-11(8)9-7-16(15-14-9)10-3-1-2-5-13-10/h1-7H. The minimum atomic E-state index is 0.763. The summed E-state index contributed by atoms with van der Waals surface area (Å²) in [7, 11) is 0. The fourth-order valence-electron chi connectivity index (χ4n) is 1.45. The summed E-state index contributed by atoms with van der Waals surface area (Å²) in [5, 5.41) is 10.2. The Labute approximate surface area is 110 Å². The van der Waals surface area contributed by atoms with Crippen molar-refractivity contribution in [1.29, 1.82) is 0 Å². The van der Waals surface area contributed by atoms with Gasteiger partial charge in [0, 0.05) is 10.7 Å². The van der Waals surface area contributed by atoms with E-state index >= 15 is 0 Å². The van der Waals surface area contributed by atoms with E-state index in [2.05, 4.69) is 31.2 Å². The largest absolute Gasteiger partial charge is 0.237 e. The van der Waals surface area contributed by atoms with E-state index in [0.29, 0.717) is 0 Å². The molecule has 0 N–H and O–H groups in total. The van der Waals surface area contributed by atoms with Gasteiger partial charge < -0.3 is 0 Å². The third-order valence-electron chi connectivity index (χ3n) is 2.23. The van der Waals surface area contributed by atoms with Crippen molar-refractivity contribution in [3.05, 3.63) is 46.5 Å². The molecule has 6 heteroatoms. The van der Waals surface area contributed by atoms with E-state index in [9.17, 15) is 0 Å². The summed E-state index contributed by atoms with van der Waals surface area (Å²) in [6.07, 6.45) is 3.61.